The molecule has 0 bridgehead atoms. The van der Waals surface area contributed by atoms with Crippen LogP contribution in [-0.2, 0) is 15.3 Å². The summed E-state index contributed by atoms with van der Waals surface area (Å²) in [6.07, 6.45) is 5.57. The van der Waals surface area contributed by atoms with Crippen molar-refractivity contribution >= 4 is 51.9 Å². The summed E-state index contributed by atoms with van der Waals surface area (Å²) >= 11 is 7.85. The van der Waals surface area contributed by atoms with Crippen LogP contribution in [-0.4, -0.2) is 39.8 Å². The third kappa shape index (κ3) is 4.70. The fourth-order valence-corrected chi connectivity index (χ4v) is 5.90. The molecule has 0 aromatic heterocycles. The topological polar surface area (TPSA) is 74.1 Å². The zero-order valence-electron chi connectivity index (χ0n) is 18.2. The second-order valence-electron chi connectivity index (χ2n) is 8.56. The Morgan fingerprint density at radius 1 is 1.06 bits per heavy atom. The van der Waals surface area contributed by atoms with E-state index in [1.54, 1.807) is 0 Å². The molecule has 2 aromatic carbocycles. The van der Waals surface area contributed by atoms with Crippen molar-refractivity contribution in [3.8, 4) is 0 Å². The number of nitrogens with one attached hydrogen (secondary N) is 1. The maximum atomic E-state index is 13.0. The summed E-state index contributed by atoms with van der Waals surface area (Å²) in [5, 5.41) is 4.48. The number of amidine groups is 2. The van der Waals surface area contributed by atoms with Crippen LogP contribution in [0.3, 0.4) is 0 Å². The van der Waals surface area contributed by atoms with Crippen LogP contribution < -0.4 is 5.32 Å². The Morgan fingerprint density at radius 2 is 1.82 bits per heavy atom. The number of rotatable bonds is 5. The van der Waals surface area contributed by atoms with E-state index in [-0.39, 0.29) is 24.3 Å². The fraction of sp³-hybridized carbons (Fsp3) is 0.360. The van der Waals surface area contributed by atoms with Crippen LogP contribution >= 0.6 is 23.4 Å². The fourth-order valence-electron chi connectivity index (χ4n) is 4.57. The number of thioether (sulfide) groups is 1. The molecular formula is C25H25ClN4O2S. The third-order valence-electron chi connectivity index (χ3n) is 6.27. The molecule has 1 N–H and O–H groups in total. The molecular weight excluding hydrogens is 456 g/mol. The van der Waals surface area contributed by atoms with Gasteiger partial charge in [0.25, 0.3) is 5.91 Å². The molecule has 0 radical (unpaired) electrons. The minimum Gasteiger partial charge on any atom is -0.353 e. The molecule has 170 valence electrons. The first-order valence-electron chi connectivity index (χ1n) is 11.4. The van der Waals surface area contributed by atoms with E-state index in [1.165, 1.54) is 18.2 Å². The van der Waals surface area contributed by atoms with Gasteiger partial charge in [-0.25, -0.2) is 4.99 Å². The number of para-hydroxylation sites is 1. The second-order valence-corrected chi connectivity index (χ2v) is 9.91. The van der Waals surface area contributed by atoms with Gasteiger partial charge in [0.2, 0.25) is 5.91 Å². The number of fused-ring (bicyclic) bond motifs is 3. The van der Waals surface area contributed by atoms with E-state index < -0.39 is 6.04 Å². The molecule has 2 aromatic rings. The van der Waals surface area contributed by atoms with Gasteiger partial charge in [-0.3, -0.25) is 14.5 Å². The number of carbonyl (C=O) groups excluding carboxylic acids is 2. The molecule has 0 spiro atoms. The molecule has 0 saturated heterocycles. The van der Waals surface area contributed by atoms with Gasteiger partial charge >= 0.3 is 0 Å². The third-order valence-corrected chi connectivity index (χ3v) is 7.64. The monoisotopic (exact) mass is 480 g/mol. The standard InChI is InChI=1S/C25H25ClN4O2S/c26-19-12-6-4-8-16(19)15-33-25-28-20-13-7-5-11-18(20)23-29-24(32)21(30(23)25)14-22(31)27-17-9-2-1-3-10-17/h4-8,11-13,17,21H,1-3,9-10,14-15H2,(H,27,31). The molecule has 5 rings (SSSR count). The highest BCUT2D eigenvalue weighted by Gasteiger charge is 2.42. The van der Waals surface area contributed by atoms with Crippen LogP contribution in [0.2, 0.25) is 5.02 Å². The van der Waals surface area contributed by atoms with E-state index in [9.17, 15) is 9.59 Å². The molecule has 2 amide bonds. The van der Waals surface area contributed by atoms with Gasteiger partial charge in [0, 0.05) is 22.4 Å². The number of benzene rings is 2. The molecule has 1 aliphatic carbocycles. The van der Waals surface area contributed by atoms with E-state index in [2.05, 4.69) is 10.3 Å². The number of amides is 2. The number of halogens is 1. The van der Waals surface area contributed by atoms with Crippen molar-refractivity contribution in [1.29, 1.82) is 0 Å². The second kappa shape index (κ2) is 9.69. The largest absolute Gasteiger partial charge is 0.353 e. The molecule has 1 fully saturated rings. The molecule has 1 atom stereocenters. The van der Waals surface area contributed by atoms with Crippen molar-refractivity contribution in [2.24, 2.45) is 9.98 Å². The van der Waals surface area contributed by atoms with Crippen LogP contribution in [0.25, 0.3) is 0 Å². The van der Waals surface area contributed by atoms with Crippen molar-refractivity contribution in [3.63, 3.8) is 0 Å². The van der Waals surface area contributed by atoms with Crippen molar-refractivity contribution in [3.05, 3.63) is 64.7 Å². The molecule has 3 aliphatic rings. The van der Waals surface area contributed by atoms with Gasteiger partial charge < -0.3 is 5.32 Å². The molecule has 33 heavy (non-hydrogen) atoms. The molecule has 2 heterocycles. The summed E-state index contributed by atoms with van der Waals surface area (Å²) in [4.78, 5) is 36.9. The van der Waals surface area contributed by atoms with Crippen LogP contribution in [0, 0.1) is 0 Å². The highest BCUT2D eigenvalue weighted by atomic mass is 35.5. The van der Waals surface area contributed by atoms with E-state index in [0.29, 0.717) is 21.8 Å². The predicted molar refractivity (Wildman–Crippen MR) is 133 cm³/mol. The number of hydrogen-bond donors (Lipinski definition) is 1. The van der Waals surface area contributed by atoms with Gasteiger partial charge in [0.05, 0.1) is 12.1 Å². The molecule has 2 aliphatic heterocycles. The summed E-state index contributed by atoms with van der Waals surface area (Å²) in [6, 6.07) is 14.9. The molecule has 1 saturated carbocycles. The average molecular weight is 481 g/mol. The first-order valence-corrected chi connectivity index (χ1v) is 12.7. The molecule has 8 heteroatoms. The lowest BCUT2D eigenvalue weighted by Gasteiger charge is -2.31. The Labute approximate surface area is 202 Å². The Kier molecular flexibility index (Phi) is 6.51. The first-order chi connectivity index (χ1) is 16.1. The highest BCUT2D eigenvalue weighted by Crippen LogP contribution is 2.36. The van der Waals surface area contributed by atoms with E-state index in [1.807, 2.05) is 53.4 Å². The molecule has 6 nitrogen and oxygen atoms in total. The van der Waals surface area contributed by atoms with Crippen LogP contribution in [0.15, 0.2) is 58.5 Å². The van der Waals surface area contributed by atoms with Gasteiger partial charge in [-0.1, -0.05) is 73.0 Å². The molecule has 1 unspecified atom stereocenters. The van der Waals surface area contributed by atoms with E-state index >= 15 is 0 Å². The van der Waals surface area contributed by atoms with Gasteiger partial charge in [-0.15, -0.1) is 0 Å². The maximum absolute atomic E-state index is 13.0. The number of nitrogens with zero attached hydrogens (tertiary/aromatic N) is 3. The minimum atomic E-state index is -0.686. The summed E-state index contributed by atoms with van der Waals surface area (Å²) in [5.74, 6) is 0.764. The zero-order valence-corrected chi connectivity index (χ0v) is 19.7. The smallest absolute Gasteiger partial charge is 0.271 e. The van der Waals surface area contributed by atoms with E-state index in [4.69, 9.17) is 16.6 Å². The Balaban J connectivity index is 1.39. The van der Waals surface area contributed by atoms with Gasteiger partial charge in [0.15, 0.2) is 5.17 Å². The van der Waals surface area contributed by atoms with Crippen LogP contribution in [0.5, 0.6) is 0 Å². The van der Waals surface area contributed by atoms with Crippen molar-refractivity contribution in [2.75, 3.05) is 0 Å². The summed E-state index contributed by atoms with van der Waals surface area (Å²) in [7, 11) is 0. The van der Waals surface area contributed by atoms with Crippen LogP contribution in [0.4, 0.5) is 5.69 Å². The summed E-state index contributed by atoms with van der Waals surface area (Å²) in [6.45, 7) is 0. The van der Waals surface area contributed by atoms with E-state index in [0.717, 1.165) is 42.5 Å². The van der Waals surface area contributed by atoms with Crippen molar-refractivity contribution in [2.45, 2.75) is 56.4 Å². The lowest BCUT2D eigenvalue weighted by Crippen LogP contribution is -2.47. The first kappa shape index (κ1) is 22.2. The number of hydrogen-bond acceptors (Lipinski definition) is 5. The lowest BCUT2D eigenvalue weighted by atomic mass is 9.95. The Bertz CT molecular complexity index is 1140. The SMILES string of the molecule is O=C(CC1C(=O)N=C2c3ccccc3N=C(SCc3ccccc3Cl)N21)NC1CCCCC1. The average Bonchev–Trinajstić information content (AvgIpc) is 3.15. The predicted octanol–water partition coefficient (Wildman–Crippen LogP) is 5.07. The maximum Gasteiger partial charge on any atom is 0.271 e. The summed E-state index contributed by atoms with van der Waals surface area (Å²) in [5.41, 5.74) is 2.57. The van der Waals surface area contributed by atoms with Crippen molar-refractivity contribution < 1.29 is 9.59 Å². The van der Waals surface area contributed by atoms with Crippen molar-refractivity contribution in [1.82, 2.24) is 10.2 Å². The Hall–Kier alpha value is -2.64. The number of aliphatic imine (C=N–C) groups is 2. The Morgan fingerprint density at radius 3 is 2.64 bits per heavy atom. The summed E-state index contributed by atoms with van der Waals surface area (Å²) < 4.78 is 0. The quantitative estimate of drug-likeness (QED) is 0.648. The number of carbonyl (C=O) groups is 2. The van der Waals surface area contributed by atoms with Gasteiger partial charge in [0.1, 0.15) is 11.9 Å². The normalized spacial score (nSPS) is 20.1. The van der Waals surface area contributed by atoms with Crippen LogP contribution in [0.1, 0.15) is 49.7 Å². The lowest BCUT2D eigenvalue weighted by molar-refractivity contribution is -0.127. The highest BCUT2D eigenvalue weighted by molar-refractivity contribution is 8.13. The van der Waals surface area contributed by atoms with Gasteiger partial charge in [-0.2, -0.15) is 4.99 Å². The van der Waals surface area contributed by atoms with Gasteiger partial charge in [-0.05, 0) is 36.6 Å². The minimum absolute atomic E-state index is 0.0656. The zero-order chi connectivity index (χ0) is 22.8.